The summed E-state index contributed by atoms with van der Waals surface area (Å²) in [6, 6.07) is 15.4. The van der Waals surface area contributed by atoms with E-state index in [1.807, 2.05) is 58.1 Å². The predicted molar refractivity (Wildman–Crippen MR) is 106 cm³/mol. The zero-order valence-corrected chi connectivity index (χ0v) is 15.7. The predicted octanol–water partition coefficient (Wildman–Crippen LogP) is 2.22. The van der Waals surface area contributed by atoms with Gasteiger partial charge in [0.05, 0.1) is 12.1 Å². The van der Waals surface area contributed by atoms with E-state index in [2.05, 4.69) is 15.6 Å². The van der Waals surface area contributed by atoms with Crippen molar-refractivity contribution in [2.75, 3.05) is 19.6 Å². The Morgan fingerprint density at radius 2 is 1.93 bits per heavy atom. The van der Waals surface area contributed by atoms with E-state index in [4.69, 9.17) is 0 Å². The summed E-state index contributed by atoms with van der Waals surface area (Å²) in [6.45, 7) is 2.72. The molecule has 1 fully saturated rings. The summed E-state index contributed by atoms with van der Waals surface area (Å²) in [7, 11) is 0. The van der Waals surface area contributed by atoms with Crippen LogP contribution in [0.25, 0.3) is 11.0 Å². The Labute approximate surface area is 163 Å². The molecule has 0 radical (unpaired) electrons. The number of amides is 2. The second-order valence-corrected chi connectivity index (χ2v) is 7.03. The van der Waals surface area contributed by atoms with E-state index in [1.54, 1.807) is 0 Å². The standard InChI is InChI=1S/C21H23N5O2/c27-20-7-3-13-25(20)14-4-12-22-21(28)17-10-8-16(9-11-17)15-26-19-6-2-1-5-18(19)23-24-26/h1-2,5-6,8-11H,3-4,7,12-15H2,(H,22,28). The number of nitrogens with zero attached hydrogens (tertiary/aromatic N) is 4. The number of benzene rings is 2. The lowest BCUT2D eigenvalue weighted by Gasteiger charge is -2.15. The highest BCUT2D eigenvalue weighted by molar-refractivity contribution is 5.94. The average Bonchev–Trinajstić information content (AvgIpc) is 3.32. The van der Waals surface area contributed by atoms with Crippen LogP contribution >= 0.6 is 0 Å². The molecule has 0 bridgehead atoms. The molecule has 2 heterocycles. The van der Waals surface area contributed by atoms with Crippen molar-refractivity contribution in [1.82, 2.24) is 25.2 Å². The van der Waals surface area contributed by atoms with Crippen LogP contribution in [0.3, 0.4) is 0 Å². The van der Waals surface area contributed by atoms with Crippen LogP contribution in [0.5, 0.6) is 0 Å². The number of nitrogens with one attached hydrogen (secondary N) is 1. The number of hydrogen-bond donors (Lipinski definition) is 1. The number of rotatable bonds is 7. The van der Waals surface area contributed by atoms with Crippen molar-refractivity contribution in [2.24, 2.45) is 0 Å². The van der Waals surface area contributed by atoms with E-state index < -0.39 is 0 Å². The van der Waals surface area contributed by atoms with Gasteiger partial charge in [0.1, 0.15) is 5.52 Å². The summed E-state index contributed by atoms with van der Waals surface area (Å²) in [5.41, 5.74) is 3.54. The molecule has 0 saturated carbocycles. The highest BCUT2D eigenvalue weighted by atomic mass is 16.2. The largest absolute Gasteiger partial charge is 0.352 e. The Hall–Kier alpha value is -3.22. The van der Waals surface area contributed by atoms with Gasteiger partial charge in [0.25, 0.3) is 5.91 Å². The minimum atomic E-state index is -0.0921. The van der Waals surface area contributed by atoms with Crippen LogP contribution in [-0.2, 0) is 11.3 Å². The summed E-state index contributed by atoms with van der Waals surface area (Å²) in [5, 5.41) is 11.3. The first-order valence-electron chi connectivity index (χ1n) is 9.64. The first-order valence-corrected chi connectivity index (χ1v) is 9.64. The Morgan fingerprint density at radius 1 is 1.11 bits per heavy atom. The van der Waals surface area contributed by atoms with Crippen molar-refractivity contribution >= 4 is 22.8 Å². The molecule has 144 valence electrons. The van der Waals surface area contributed by atoms with E-state index in [-0.39, 0.29) is 11.8 Å². The SMILES string of the molecule is O=C(NCCCN1CCCC1=O)c1ccc(Cn2nnc3ccccc32)cc1. The third-order valence-corrected chi connectivity index (χ3v) is 5.03. The fourth-order valence-corrected chi connectivity index (χ4v) is 3.48. The summed E-state index contributed by atoms with van der Waals surface area (Å²) < 4.78 is 1.85. The van der Waals surface area contributed by atoms with E-state index >= 15 is 0 Å². The van der Waals surface area contributed by atoms with Gasteiger partial charge in [-0.3, -0.25) is 9.59 Å². The zero-order valence-electron chi connectivity index (χ0n) is 15.7. The smallest absolute Gasteiger partial charge is 0.251 e. The third kappa shape index (κ3) is 4.03. The van der Waals surface area contributed by atoms with Gasteiger partial charge in [-0.05, 0) is 42.7 Å². The monoisotopic (exact) mass is 377 g/mol. The van der Waals surface area contributed by atoms with Crippen LogP contribution in [-0.4, -0.2) is 51.3 Å². The molecule has 0 aliphatic carbocycles. The Bertz CT molecular complexity index is 980. The Kier molecular flexibility index (Phi) is 5.32. The molecular weight excluding hydrogens is 354 g/mol. The number of fused-ring (bicyclic) bond motifs is 1. The molecule has 1 aliphatic rings. The Balaban J connectivity index is 1.29. The van der Waals surface area contributed by atoms with Crippen molar-refractivity contribution in [3.63, 3.8) is 0 Å². The maximum atomic E-state index is 12.3. The minimum Gasteiger partial charge on any atom is -0.352 e. The maximum Gasteiger partial charge on any atom is 0.251 e. The lowest BCUT2D eigenvalue weighted by molar-refractivity contribution is -0.127. The normalized spacial score (nSPS) is 14.0. The first-order chi connectivity index (χ1) is 13.7. The molecule has 2 amide bonds. The fraction of sp³-hybridized carbons (Fsp3) is 0.333. The van der Waals surface area contributed by atoms with Crippen molar-refractivity contribution < 1.29 is 9.59 Å². The van der Waals surface area contributed by atoms with Crippen LogP contribution in [0.4, 0.5) is 0 Å². The van der Waals surface area contributed by atoms with Crippen LogP contribution in [0.1, 0.15) is 35.2 Å². The van der Waals surface area contributed by atoms with Crippen molar-refractivity contribution in [2.45, 2.75) is 25.8 Å². The van der Waals surface area contributed by atoms with E-state index in [9.17, 15) is 9.59 Å². The van der Waals surface area contributed by atoms with Crippen molar-refractivity contribution in [3.05, 3.63) is 59.7 Å². The van der Waals surface area contributed by atoms with Crippen LogP contribution in [0.2, 0.25) is 0 Å². The molecule has 7 nitrogen and oxygen atoms in total. The van der Waals surface area contributed by atoms with E-state index in [0.29, 0.717) is 31.6 Å². The highest BCUT2D eigenvalue weighted by Crippen LogP contribution is 2.13. The first kappa shape index (κ1) is 18.2. The topological polar surface area (TPSA) is 80.1 Å². The van der Waals surface area contributed by atoms with Gasteiger partial charge < -0.3 is 10.2 Å². The van der Waals surface area contributed by atoms with Gasteiger partial charge in [-0.1, -0.05) is 29.5 Å². The lowest BCUT2D eigenvalue weighted by atomic mass is 10.1. The molecule has 0 atom stereocenters. The van der Waals surface area contributed by atoms with Gasteiger partial charge >= 0.3 is 0 Å². The molecule has 1 aliphatic heterocycles. The second kappa shape index (κ2) is 8.21. The van der Waals surface area contributed by atoms with Gasteiger partial charge in [0.15, 0.2) is 0 Å². The Morgan fingerprint density at radius 3 is 2.71 bits per heavy atom. The molecule has 1 N–H and O–H groups in total. The van der Waals surface area contributed by atoms with Gasteiger partial charge in [0.2, 0.25) is 5.91 Å². The number of carbonyl (C=O) groups is 2. The summed E-state index contributed by atoms with van der Waals surface area (Å²) in [5.74, 6) is 0.132. The fourth-order valence-electron chi connectivity index (χ4n) is 3.48. The lowest BCUT2D eigenvalue weighted by Crippen LogP contribution is -2.30. The van der Waals surface area contributed by atoms with Crippen molar-refractivity contribution in [3.8, 4) is 0 Å². The van der Waals surface area contributed by atoms with Crippen LogP contribution < -0.4 is 5.32 Å². The quantitative estimate of drug-likeness (QED) is 0.640. The molecule has 0 unspecified atom stereocenters. The minimum absolute atomic E-state index is 0.0921. The molecule has 7 heteroatoms. The molecular formula is C21H23N5O2. The molecule has 4 rings (SSSR count). The number of likely N-dealkylation sites (tertiary alicyclic amines) is 1. The number of para-hydroxylation sites is 1. The zero-order chi connectivity index (χ0) is 19.3. The van der Waals surface area contributed by atoms with Gasteiger partial charge in [-0.25, -0.2) is 4.68 Å². The van der Waals surface area contributed by atoms with Gasteiger partial charge in [-0.2, -0.15) is 0 Å². The summed E-state index contributed by atoms with van der Waals surface area (Å²) in [4.78, 5) is 25.7. The van der Waals surface area contributed by atoms with E-state index in [0.717, 1.165) is 36.0 Å². The average molecular weight is 377 g/mol. The number of carbonyl (C=O) groups excluding carboxylic acids is 2. The summed E-state index contributed by atoms with van der Waals surface area (Å²) >= 11 is 0. The van der Waals surface area contributed by atoms with E-state index in [1.165, 1.54) is 0 Å². The number of aromatic nitrogens is 3. The highest BCUT2D eigenvalue weighted by Gasteiger charge is 2.19. The third-order valence-electron chi connectivity index (χ3n) is 5.03. The maximum absolute atomic E-state index is 12.3. The second-order valence-electron chi connectivity index (χ2n) is 7.03. The molecule has 1 aromatic heterocycles. The van der Waals surface area contributed by atoms with Crippen LogP contribution in [0.15, 0.2) is 48.5 Å². The molecule has 3 aromatic rings. The number of hydrogen-bond acceptors (Lipinski definition) is 4. The van der Waals surface area contributed by atoms with Crippen LogP contribution in [0, 0.1) is 0 Å². The molecule has 28 heavy (non-hydrogen) atoms. The molecule has 1 saturated heterocycles. The summed E-state index contributed by atoms with van der Waals surface area (Å²) in [6.07, 6.45) is 2.37. The van der Waals surface area contributed by atoms with Gasteiger partial charge in [-0.15, -0.1) is 5.10 Å². The molecule has 2 aromatic carbocycles. The van der Waals surface area contributed by atoms with Crippen molar-refractivity contribution in [1.29, 1.82) is 0 Å². The van der Waals surface area contributed by atoms with Gasteiger partial charge in [0, 0.05) is 31.6 Å². The molecule has 0 spiro atoms.